The van der Waals surface area contributed by atoms with Crippen LogP contribution in [0.4, 0.5) is 0 Å². The Kier molecular flexibility index (Phi) is 9.01. The quantitative estimate of drug-likeness (QED) is 0.281. The normalized spacial score (nSPS) is 22.0. The summed E-state index contributed by atoms with van der Waals surface area (Å²) >= 11 is 12.9. The number of aliphatic hydroxyl groups is 1. The van der Waals surface area contributed by atoms with E-state index in [-0.39, 0.29) is 22.0 Å². The molecule has 0 radical (unpaired) electrons. The standard InChI is InChI=1S/C30H30Cl2N4O7S/c1-44(42,43)35-22-4-2-3-5-25(22)36-27(19-9-7-16(31)13-21(19)32)26(28(33)38)20-12-15(6-8-18(20)29(36)39)17-10-11-23(30(40)41)34-24(17)14-37/h6-13,22,25-27,35,37H,2-5,14H2,1H3,(H2,33,38)(H,40,41)/t22-,25?,26+,27-/m0/s1. The highest BCUT2D eigenvalue weighted by atomic mass is 35.5. The summed E-state index contributed by atoms with van der Waals surface area (Å²) in [6, 6.07) is 10.0. The number of carbonyl (C=O) groups is 3. The van der Waals surface area contributed by atoms with Gasteiger partial charge in [-0.3, -0.25) is 9.59 Å². The lowest BCUT2D eigenvalue weighted by Crippen LogP contribution is -2.59. The van der Waals surface area contributed by atoms with Crippen LogP contribution in [0.5, 0.6) is 0 Å². The number of primary amides is 1. The van der Waals surface area contributed by atoms with Gasteiger partial charge in [0.15, 0.2) is 0 Å². The number of fused-ring (bicyclic) bond motifs is 1. The Morgan fingerprint density at radius 1 is 1.05 bits per heavy atom. The number of hydrogen-bond donors (Lipinski definition) is 4. The van der Waals surface area contributed by atoms with Crippen molar-refractivity contribution in [2.45, 2.75) is 56.3 Å². The summed E-state index contributed by atoms with van der Waals surface area (Å²) in [5.41, 5.74) is 7.73. The van der Waals surface area contributed by atoms with Gasteiger partial charge in [-0.25, -0.2) is 22.9 Å². The second-order valence-corrected chi connectivity index (χ2v) is 13.6. The average Bonchev–Trinajstić information content (AvgIpc) is 2.96. The van der Waals surface area contributed by atoms with E-state index in [0.717, 1.165) is 19.1 Å². The molecule has 1 aromatic heterocycles. The molecular formula is C30H30Cl2N4O7S. The van der Waals surface area contributed by atoms with E-state index in [9.17, 15) is 33.0 Å². The lowest BCUT2D eigenvalue weighted by Gasteiger charge is -2.49. The Morgan fingerprint density at radius 3 is 2.39 bits per heavy atom. The van der Waals surface area contributed by atoms with E-state index in [2.05, 4.69) is 9.71 Å². The number of sulfonamides is 1. The van der Waals surface area contributed by atoms with Crippen LogP contribution in [-0.2, 0) is 21.4 Å². The third-order valence-corrected chi connectivity index (χ3v) is 9.45. The van der Waals surface area contributed by atoms with Crippen molar-refractivity contribution in [3.05, 3.63) is 86.7 Å². The first-order valence-corrected chi connectivity index (χ1v) is 16.5. The first-order valence-electron chi connectivity index (χ1n) is 13.8. The minimum atomic E-state index is -3.64. The first kappa shape index (κ1) is 31.9. The highest BCUT2D eigenvalue weighted by Gasteiger charge is 2.49. The Bertz CT molecular complexity index is 1770. The second kappa shape index (κ2) is 12.4. The van der Waals surface area contributed by atoms with Crippen molar-refractivity contribution >= 4 is 51.0 Å². The summed E-state index contributed by atoms with van der Waals surface area (Å²) in [6.45, 7) is -0.557. The number of aliphatic hydroxyl groups excluding tert-OH is 1. The summed E-state index contributed by atoms with van der Waals surface area (Å²) < 4.78 is 27.3. The number of benzene rings is 2. The fraction of sp³-hybridized carbons (Fsp3) is 0.333. The number of aromatic nitrogens is 1. The summed E-state index contributed by atoms with van der Waals surface area (Å²) in [4.78, 5) is 44.9. The summed E-state index contributed by atoms with van der Waals surface area (Å²) in [6.07, 6.45) is 3.50. The van der Waals surface area contributed by atoms with Crippen molar-refractivity contribution < 1.29 is 33.0 Å². The van der Waals surface area contributed by atoms with Crippen LogP contribution in [0.2, 0.25) is 10.0 Å². The molecule has 0 bridgehead atoms. The summed E-state index contributed by atoms with van der Waals surface area (Å²) in [5, 5.41) is 19.9. The van der Waals surface area contributed by atoms with Gasteiger partial charge in [0.1, 0.15) is 5.69 Å². The molecule has 0 spiro atoms. The van der Waals surface area contributed by atoms with Gasteiger partial charge in [0.25, 0.3) is 5.91 Å². The number of nitrogens with one attached hydrogen (secondary N) is 1. The van der Waals surface area contributed by atoms with E-state index in [1.54, 1.807) is 30.3 Å². The molecule has 1 fully saturated rings. The number of carbonyl (C=O) groups excluding carboxylic acids is 2. The minimum Gasteiger partial charge on any atom is -0.477 e. The van der Waals surface area contributed by atoms with Crippen LogP contribution in [0.15, 0.2) is 48.5 Å². The summed E-state index contributed by atoms with van der Waals surface area (Å²) in [7, 11) is -3.64. The molecule has 2 aliphatic rings. The van der Waals surface area contributed by atoms with Gasteiger partial charge in [-0.2, -0.15) is 0 Å². The van der Waals surface area contributed by atoms with Gasteiger partial charge < -0.3 is 20.8 Å². The van der Waals surface area contributed by atoms with Crippen molar-refractivity contribution in [3.63, 3.8) is 0 Å². The van der Waals surface area contributed by atoms with Crippen molar-refractivity contribution in [2.75, 3.05) is 6.26 Å². The fourth-order valence-electron chi connectivity index (χ4n) is 6.38. The van der Waals surface area contributed by atoms with Gasteiger partial charge >= 0.3 is 5.97 Å². The van der Waals surface area contributed by atoms with Gasteiger partial charge in [-0.05, 0) is 59.9 Å². The largest absolute Gasteiger partial charge is 0.477 e. The smallest absolute Gasteiger partial charge is 0.354 e. The number of aromatic carboxylic acids is 1. The Labute approximate surface area is 264 Å². The number of nitrogens with zero attached hydrogens (tertiary/aromatic N) is 2. The SMILES string of the molecule is CS(=O)(=O)N[C@H]1CCCCC1N1C(=O)c2ccc(-c3ccc(C(=O)O)nc3CO)cc2[C@@H](C(N)=O)[C@@H]1c1ccc(Cl)cc1Cl. The Morgan fingerprint density at radius 2 is 1.75 bits per heavy atom. The number of pyridine rings is 1. The van der Waals surface area contributed by atoms with Crippen molar-refractivity contribution in [1.29, 1.82) is 0 Å². The average molecular weight is 662 g/mol. The molecule has 0 saturated heterocycles. The van der Waals surface area contributed by atoms with Crippen LogP contribution in [0.1, 0.15) is 75.3 Å². The highest BCUT2D eigenvalue weighted by Crippen LogP contribution is 2.48. The molecule has 5 N–H and O–H groups in total. The Hall–Kier alpha value is -3.55. The topological polar surface area (TPSA) is 180 Å². The van der Waals surface area contributed by atoms with E-state index in [4.69, 9.17) is 28.9 Å². The molecule has 11 nitrogen and oxygen atoms in total. The maximum absolute atomic E-state index is 14.5. The molecule has 3 aromatic rings. The van der Waals surface area contributed by atoms with Crippen molar-refractivity contribution in [1.82, 2.24) is 14.6 Å². The molecule has 1 unspecified atom stereocenters. The number of nitrogens with two attached hydrogens (primary N) is 1. The molecule has 44 heavy (non-hydrogen) atoms. The second-order valence-electron chi connectivity index (χ2n) is 11.0. The predicted molar refractivity (Wildman–Crippen MR) is 164 cm³/mol. The first-order chi connectivity index (χ1) is 20.8. The molecule has 2 aromatic carbocycles. The zero-order valence-corrected chi connectivity index (χ0v) is 25.9. The van der Waals surface area contributed by atoms with Gasteiger partial charge in [0, 0.05) is 33.3 Å². The van der Waals surface area contributed by atoms with Gasteiger partial charge in [-0.1, -0.05) is 54.2 Å². The number of carboxylic acid groups (broad SMARTS) is 1. The number of hydrogen-bond acceptors (Lipinski definition) is 7. The third kappa shape index (κ3) is 6.18. The molecule has 2 heterocycles. The number of carboxylic acids is 1. The molecule has 1 saturated carbocycles. The van der Waals surface area contributed by atoms with E-state index in [0.29, 0.717) is 40.1 Å². The lowest BCUT2D eigenvalue weighted by molar-refractivity contribution is -0.121. The molecule has 2 amide bonds. The minimum absolute atomic E-state index is 0.0958. The fourth-order valence-corrected chi connectivity index (χ4v) is 7.72. The molecule has 5 rings (SSSR count). The van der Waals surface area contributed by atoms with Gasteiger partial charge in [0.05, 0.1) is 30.5 Å². The van der Waals surface area contributed by atoms with Gasteiger partial charge in [-0.15, -0.1) is 0 Å². The number of amides is 2. The van der Waals surface area contributed by atoms with E-state index < -0.39 is 58.5 Å². The molecule has 1 aliphatic heterocycles. The lowest BCUT2D eigenvalue weighted by atomic mass is 9.76. The van der Waals surface area contributed by atoms with E-state index >= 15 is 0 Å². The van der Waals surface area contributed by atoms with Crippen LogP contribution in [0, 0.1) is 0 Å². The molecule has 1 aliphatic carbocycles. The monoisotopic (exact) mass is 660 g/mol. The maximum atomic E-state index is 14.5. The maximum Gasteiger partial charge on any atom is 0.354 e. The molecule has 14 heteroatoms. The Balaban J connectivity index is 1.73. The zero-order valence-electron chi connectivity index (χ0n) is 23.5. The van der Waals surface area contributed by atoms with Crippen LogP contribution >= 0.6 is 23.2 Å². The van der Waals surface area contributed by atoms with E-state index in [1.165, 1.54) is 23.1 Å². The molecule has 4 atom stereocenters. The zero-order chi connectivity index (χ0) is 31.9. The van der Waals surface area contributed by atoms with Crippen molar-refractivity contribution in [2.24, 2.45) is 5.73 Å². The van der Waals surface area contributed by atoms with Crippen LogP contribution < -0.4 is 10.5 Å². The molecule has 232 valence electrons. The van der Waals surface area contributed by atoms with Gasteiger partial charge in [0.2, 0.25) is 15.9 Å². The molecular weight excluding hydrogens is 631 g/mol. The third-order valence-electron chi connectivity index (χ3n) is 8.16. The summed E-state index contributed by atoms with van der Waals surface area (Å²) in [5.74, 6) is -3.56. The van der Waals surface area contributed by atoms with Crippen LogP contribution in [0.25, 0.3) is 11.1 Å². The number of rotatable bonds is 8. The highest BCUT2D eigenvalue weighted by molar-refractivity contribution is 7.88. The predicted octanol–water partition coefficient (Wildman–Crippen LogP) is 3.87. The van der Waals surface area contributed by atoms with E-state index in [1.807, 2.05) is 0 Å². The van der Waals surface area contributed by atoms with Crippen LogP contribution in [0.3, 0.4) is 0 Å². The van der Waals surface area contributed by atoms with Crippen LogP contribution in [-0.4, -0.2) is 64.6 Å². The number of halogens is 2. The van der Waals surface area contributed by atoms with Crippen molar-refractivity contribution in [3.8, 4) is 11.1 Å².